The summed E-state index contributed by atoms with van der Waals surface area (Å²) in [5.74, 6) is 2.65. The number of piperidine rings is 1. The summed E-state index contributed by atoms with van der Waals surface area (Å²) in [6.45, 7) is 7.04. The molecule has 2 fully saturated rings. The highest BCUT2D eigenvalue weighted by molar-refractivity contribution is 14.0. The molecule has 1 aliphatic heterocycles. The molecule has 2 aliphatic rings. The van der Waals surface area contributed by atoms with Gasteiger partial charge in [0.2, 0.25) is 0 Å². The quantitative estimate of drug-likeness (QED) is 0.310. The predicted molar refractivity (Wildman–Crippen MR) is 145 cm³/mol. The molecule has 182 valence electrons. The highest BCUT2D eigenvalue weighted by Crippen LogP contribution is 2.25. The van der Waals surface area contributed by atoms with E-state index in [1.165, 1.54) is 63.6 Å². The van der Waals surface area contributed by atoms with E-state index in [9.17, 15) is 0 Å². The first-order valence-corrected chi connectivity index (χ1v) is 12.3. The zero-order valence-electron chi connectivity index (χ0n) is 20.3. The maximum atomic E-state index is 4.89. The first kappa shape index (κ1) is 25.9. The van der Waals surface area contributed by atoms with Crippen molar-refractivity contribution in [2.45, 2.75) is 83.5 Å². The average molecular weight is 566 g/mol. The molecule has 2 heterocycles. The Morgan fingerprint density at radius 1 is 1.06 bits per heavy atom. The lowest BCUT2D eigenvalue weighted by Crippen LogP contribution is -2.51. The van der Waals surface area contributed by atoms with Crippen molar-refractivity contribution in [1.82, 2.24) is 30.3 Å². The van der Waals surface area contributed by atoms with Crippen LogP contribution in [-0.2, 0) is 13.6 Å². The lowest BCUT2D eigenvalue weighted by molar-refractivity contribution is 0.119. The molecule has 8 heteroatoms. The summed E-state index contributed by atoms with van der Waals surface area (Å²) in [6, 6.07) is 12.0. The van der Waals surface area contributed by atoms with Gasteiger partial charge in [0.25, 0.3) is 0 Å². The highest BCUT2D eigenvalue weighted by atomic mass is 127. The predicted octanol–water partition coefficient (Wildman–Crippen LogP) is 4.34. The van der Waals surface area contributed by atoms with Crippen LogP contribution in [0, 0.1) is 6.92 Å². The van der Waals surface area contributed by atoms with Gasteiger partial charge in [-0.15, -0.1) is 34.2 Å². The molecule has 1 saturated heterocycles. The third kappa shape index (κ3) is 7.15. The van der Waals surface area contributed by atoms with Crippen molar-refractivity contribution in [3.8, 4) is 0 Å². The molecule has 1 saturated carbocycles. The zero-order chi connectivity index (χ0) is 22.3. The molecule has 33 heavy (non-hydrogen) atoms. The summed E-state index contributed by atoms with van der Waals surface area (Å²) in [5, 5.41) is 15.8. The van der Waals surface area contributed by atoms with E-state index in [0.717, 1.165) is 23.7 Å². The number of aryl methyl sites for hydroxylation is 1. The Morgan fingerprint density at radius 2 is 1.76 bits per heavy atom. The molecule has 0 amide bonds. The third-order valence-electron chi connectivity index (χ3n) is 7.18. The zero-order valence-corrected chi connectivity index (χ0v) is 22.7. The average Bonchev–Trinajstić information content (AvgIpc) is 3.16. The van der Waals surface area contributed by atoms with E-state index >= 15 is 0 Å². The van der Waals surface area contributed by atoms with Crippen molar-refractivity contribution < 1.29 is 0 Å². The molecule has 1 aliphatic carbocycles. The topological polar surface area (TPSA) is 70.4 Å². The minimum absolute atomic E-state index is 0. The molecule has 0 radical (unpaired) electrons. The third-order valence-corrected chi connectivity index (χ3v) is 7.18. The van der Waals surface area contributed by atoms with Gasteiger partial charge in [0, 0.05) is 32.2 Å². The fraction of sp³-hybridized carbons (Fsp3) is 0.640. The summed E-state index contributed by atoms with van der Waals surface area (Å²) in [5.41, 5.74) is 1.25. The van der Waals surface area contributed by atoms with Crippen LogP contribution < -0.4 is 10.6 Å². The van der Waals surface area contributed by atoms with Crippen molar-refractivity contribution in [3.63, 3.8) is 0 Å². The maximum absolute atomic E-state index is 4.89. The normalized spacial score (nSPS) is 19.7. The Bertz CT molecular complexity index is 868. The number of hydrogen-bond donors (Lipinski definition) is 2. The first-order chi connectivity index (χ1) is 15.6. The van der Waals surface area contributed by atoms with E-state index in [-0.39, 0.29) is 30.0 Å². The number of aromatic nitrogens is 3. The Balaban J connectivity index is 0.00000306. The Morgan fingerprint density at radius 3 is 2.39 bits per heavy atom. The highest BCUT2D eigenvalue weighted by Gasteiger charge is 2.26. The number of nitrogens with zero attached hydrogens (tertiary/aromatic N) is 5. The second-order valence-corrected chi connectivity index (χ2v) is 9.41. The number of nitrogens with one attached hydrogen (secondary N) is 2. The van der Waals surface area contributed by atoms with Gasteiger partial charge >= 0.3 is 0 Å². The molecular formula is C25H40IN7. The standard InChI is InChI=1S/C25H39N7.HI/c1-19(21-10-6-4-7-11-21)27-25(26-18-24-30-29-20(2)31(24)3)28-22-14-16-32(17-15-22)23-12-8-5-9-13-23;/h4,6-7,10-11,19,22-23H,5,8-9,12-18H2,1-3H3,(H2,26,27,28);1H. The van der Waals surface area contributed by atoms with Gasteiger partial charge in [0.05, 0.1) is 6.04 Å². The van der Waals surface area contributed by atoms with Crippen LogP contribution in [0.2, 0.25) is 0 Å². The van der Waals surface area contributed by atoms with Gasteiger partial charge in [0.1, 0.15) is 12.4 Å². The second kappa shape index (κ2) is 12.7. The van der Waals surface area contributed by atoms with Gasteiger partial charge in [-0.2, -0.15) is 0 Å². The molecular weight excluding hydrogens is 525 g/mol. The summed E-state index contributed by atoms with van der Waals surface area (Å²) >= 11 is 0. The van der Waals surface area contributed by atoms with E-state index in [1.807, 2.05) is 18.5 Å². The van der Waals surface area contributed by atoms with E-state index in [1.54, 1.807) is 0 Å². The molecule has 1 unspecified atom stereocenters. The minimum Gasteiger partial charge on any atom is -0.354 e. The van der Waals surface area contributed by atoms with Gasteiger partial charge in [-0.1, -0.05) is 49.6 Å². The summed E-state index contributed by atoms with van der Waals surface area (Å²) in [6.07, 6.45) is 9.34. The van der Waals surface area contributed by atoms with Crippen molar-refractivity contribution in [2.75, 3.05) is 13.1 Å². The van der Waals surface area contributed by atoms with Crippen LogP contribution >= 0.6 is 24.0 Å². The number of hydrogen-bond acceptors (Lipinski definition) is 4. The fourth-order valence-electron chi connectivity index (χ4n) is 4.95. The van der Waals surface area contributed by atoms with Gasteiger partial charge < -0.3 is 20.1 Å². The molecule has 4 rings (SSSR count). The lowest BCUT2D eigenvalue weighted by atomic mass is 9.92. The van der Waals surface area contributed by atoms with Gasteiger partial charge in [0.15, 0.2) is 11.8 Å². The van der Waals surface area contributed by atoms with Crippen molar-refractivity contribution in [2.24, 2.45) is 12.0 Å². The van der Waals surface area contributed by atoms with Gasteiger partial charge in [-0.05, 0) is 45.1 Å². The maximum Gasteiger partial charge on any atom is 0.192 e. The molecule has 1 aromatic carbocycles. The number of rotatable bonds is 6. The van der Waals surface area contributed by atoms with Crippen LogP contribution in [0.3, 0.4) is 0 Å². The molecule has 1 atom stereocenters. The number of aliphatic imine (C=N–C) groups is 1. The van der Waals surface area contributed by atoms with Crippen LogP contribution in [0.15, 0.2) is 35.3 Å². The van der Waals surface area contributed by atoms with Crippen LogP contribution in [0.4, 0.5) is 0 Å². The SMILES string of the molecule is Cc1nnc(CN=C(NC2CCN(C3CCCCC3)CC2)NC(C)c2ccccc2)n1C.I. The molecule has 7 nitrogen and oxygen atoms in total. The summed E-state index contributed by atoms with van der Waals surface area (Å²) in [4.78, 5) is 7.63. The second-order valence-electron chi connectivity index (χ2n) is 9.41. The molecule has 0 bridgehead atoms. The summed E-state index contributed by atoms with van der Waals surface area (Å²) in [7, 11) is 1.99. The first-order valence-electron chi connectivity index (χ1n) is 12.3. The number of guanidine groups is 1. The monoisotopic (exact) mass is 565 g/mol. The molecule has 2 aromatic rings. The number of likely N-dealkylation sites (tertiary alicyclic amines) is 1. The van der Waals surface area contributed by atoms with Crippen molar-refractivity contribution in [1.29, 1.82) is 0 Å². The summed E-state index contributed by atoms with van der Waals surface area (Å²) < 4.78 is 2.00. The van der Waals surface area contributed by atoms with Crippen molar-refractivity contribution in [3.05, 3.63) is 47.5 Å². The van der Waals surface area contributed by atoms with E-state index in [0.29, 0.717) is 12.6 Å². The van der Waals surface area contributed by atoms with Crippen LogP contribution in [0.1, 0.15) is 75.1 Å². The minimum atomic E-state index is 0. The van der Waals surface area contributed by atoms with E-state index in [2.05, 4.69) is 63.0 Å². The van der Waals surface area contributed by atoms with E-state index < -0.39 is 0 Å². The Hall–Kier alpha value is -1.68. The van der Waals surface area contributed by atoms with Gasteiger partial charge in [-0.3, -0.25) is 0 Å². The van der Waals surface area contributed by atoms with Crippen LogP contribution in [0.25, 0.3) is 0 Å². The molecule has 2 N–H and O–H groups in total. The van der Waals surface area contributed by atoms with Crippen LogP contribution in [0.5, 0.6) is 0 Å². The van der Waals surface area contributed by atoms with Gasteiger partial charge in [-0.25, -0.2) is 4.99 Å². The number of halogens is 1. The molecule has 1 aromatic heterocycles. The lowest BCUT2D eigenvalue weighted by Gasteiger charge is -2.39. The Labute approximate surface area is 215 Å². The fourth-order valence-corrected chi connectivity index (χ4v) is 4.95. The van der Waals surface area contributed by atoms with E-state index in [4.69, 9.17) is 4.99 Å². The molecule has 0 spiro atoms. The van der Waals surface area contributed by atoms with Crippen molar-refractivity contribution >= 4 is 29.9 Å². The largest absolute Gasteiger partial charge is 0.354 e. The smallest absolute Gasteiger partial charge is 0.192 e. The Kier molecular flexibility index (Phi) is 9.97. The number of benzene rings is 1. The van der Waals surface area contributed by atoms with Crippen LogP contribution in [-0.4, -0.2) is 50.8 Å².